The summed E-state index contributed by atoms with van der Waals surface area (Å²) in [6.45, 7) is 1.52. The first-order valence-corrected chi connectivity index (χ1v) is 5.85. The predicted molar refractivity (Wildman–Crippen MR) is 57.9 cm³/mol. The Labute approximate surface area is 101 Å². The molecule has 0 spiro atoms. The lowest BCUT2D eigenvalue weighted by molar-refractivity contribution is -0.148. The summed E-state index contributed by atoms with van der Waals surface area (Å²) in [5, 5.41) is 5.99. The van der Waals surface area contributed by atoms with Crippen LogP contribution in [0.25, 0.3) is 0 Å². The highest BCUT2D eigenvalue weighted by atomic mass is 19.4. The van der Waals surface area contributed by atoms with Crippen molar-refractivity contribution in [1.82, 2.24) is 20.1 Å². The minimum absolute atomic E-state index is 0.357. The maximum absolute atomic E-state index is 12.3. The van der Waals surface area contributed by atoms with E-state index in [0.29, 0.717) is 25.3 Å². The summed E-state index contributed by atoms with van der Waals surface area (Å²) in [4.78, 5) is 15.2. The van der Waals surface area contributed by atoms with Crippen LogP contribution in [0.1, 0.15) is 25.1 Å². The number of aromatic amines is 2. The van der Waals surface area contributed by atoms with Gasteiger partial charge in [0.1, 0.15) is 5.82 Å². The summed E-state index contributed by atoms with van der Waals surface area (Å²) in [5.41, 5.74) is -0.395. The standard InChI is InChI=1S/C10H15F3N4O/c11-10(12,13)4-7-2-1-3-17(5-7)6-8-14-9(18)16-15-8/h7H,1-6H2,(H2,14,15,16,18). The van der Waals surface area contributed by atoms with Gasteiger partial charge in [-0.15, -0.1) is 0 Å². The first kappa shape index (κ1) is 13.1. The monoisotopic (exact) mass is 264 g/mol. The van der Waals surface area contributed by atoms with Gasteiger partial charge in [-0.1, -0.05) is 0 Å². The third kappa shape index (κ3) is 3.86. The van der Waals surface area contributed by atoms with Crippen molar-refractivity contribution in [3.63, 3.8) is 0 Å². The Kier molecular flexibility index (Phi) is 3.74. The molecule has 2 rings (SSSR count). The van der Waals surface area contributed by atoms with E-state index in [1.165, 1.54) is 0 Å². The second-order valence-corrected chi connectivity index (χ2v) is 4.69. The van der Waals surface area contributed by atoms with Gasteiger partial charge >= 0.3 is 11.9 Å². The molecule has 0 aliphatic carbocycles. The van der Waals surface area contributed by atoms with E-state index < -0.39 is 18.3 Å². The molecule has 5 nitrogen and oxygen atoms in total. The zero-order chi connectivity index (χ0) is 13.2. The van der Waals surface area contributed by atoms with Gasteiger partial charge in [0.25, 0.3) is 0 Å². The Hall–Kier alpha value is -1.31. The van der Waals surface area contributed by atoms with Crippen LogP contribution in [0.2, 0.25) is 0 Å². The Balaban J connectivity index is 1.88. The number of rotatable bonds is 3. The second kappa shape index (κ2) is 5.13. The SMILES string of the molecule is O=c1[nH]nc(CN2CCCC(CC(F)(F)F)C2)[nH]1. The molecule has 1 fully saturated rings. The molecule has 1 atom stereocenters. The lowest BCUT2D eigenvalue weighted by Gasteiger charge is -2.32. The Morgan fingerprint density at radius 1 is 1.44 bits per heavy atom. The smallest absolute Gasteiger partial charge is 0.296 e. The summed E-state index contributed by atoms with van der Waals surface area (Å²) in [6.07, 6.45) is -3.49. The number of alkyl halides is 3. The van der Waals surface area contributed by atoms with Crippen molar-refractivity contribution in [2.24, 2.45) is 5.92 Å². The third-order valence-electron chi connectivity index (χ3n) is 3.05. The highest BCUT2D eigenvalue weighted by molar-refractivity contribution is 4.83. The van der Waals surface area contributed by atoms with Crippen molar-refractivity contribution in [3.8, 4) is 0 Å². The number of piperidine rings is 1. The molecule has 1 unspecified atom stereocenters. The summed E-state index contributed by atoms with van der Waals surface area (Å²) in [6, 6.07) is 0. The first-order chi connectivity index (χ1) is 8.42. The number of hydrogen-bond acceptors (Lipinski definition) is 3. The molecule has 1 aromatic heterocycles. The van der Waals surface area contributed by atoms with Gasteiger partial charge in [-0.05, 0) is 25.3 Å². The van der Waals surface area contributed by atoms with Crippen LogP contribution >= 0.6 is 0 Å². The van der Waals surface area contributed by atoms with Gasteiger partial charge in [-0.25, -0.2) is 9.89 Å². The molecule has 8 heteroatoms. The second-order valence-electron chi connectivity index (χ2n) is 4.69. The minimum Gasteiger partial charge on any atom is -0.296 e. The largest absolute Gasteiger partial charge is 0.389 e. The predicted octanol–water partition coefficient (Wildman–Crippen LogP) is 1.26. The summed E-state index contributed by atoms with van der Waals surface area (Å²) in [5.74, 6) is 0.108. The molecule has 18 heavy (non-hydrogen) atoms. The van der Waals surface area contributed by atoms with Crippen molar-refractivity contribution < 1.29 is 13.2 Å². The van der Waals surface area contributed by atoms with Gasteiger partial charge < -0.3 is 0 Å². The van der Waals surface area contributed by atoms with Crippen molar-refractivity contribution in [2.75, 3.05) is 13.1 Å². The van der Waals surface area contributed by atoms with Crippen molar-refractivity contribution in [2.45, 2.75) is 32.0 Å². The number of aromatic nitrogens is 3. The molecule has 102 valence electrons. The van der Waals surface area contributed by atoms with E-state index in [1.807, 2.05) is 4.90 Å². The van der Waals surface area contributed by atoms with E-state index in [0.717, 1.165) is 13.0 Å². The summed E-state index contributed by atoms with van der Waals surface area (Å²) in [7, 11) is 0. The number of halogens is 3. The van der Waals surface area contributed by atoms with E-state index in [4.69, 9.17) is 0 Å². The molecular weight excluding hydrogens is 249 g/mol. The summed E-state index contributed by atoms with van der Waals surface area (Å²) < 4.78 is 36.9. The van der Waals surface area contributed by atoms with Gasteiger partial charge in [0.15, 0.2) is 0 Å². The van der Waals surface area contributed by atoms with Crippen LogP contribution in [0.15, 0.2) is 4.79 Å². The maximum atomic E-state index is 12.3. The van der Waals surface area contributed by atoms with Crippen LogP contribution in [0, 0.1) is 5.92 Å². The molecule has 0 saturated carbocycles. The molecule has 0 aromatic carbocycles. The van der Waals surface area contributed by atoms with Crippen LogP contribution in [0.5, 0.6) is 0 Å². The molecule has 0 amide bonds. The van der Waals surface area contributed by atoms with Crippen LogP contribution in [-0.4, -0.2) is 39.3 Å². The average molecular weight is 264 g/mol. The van der Waals surface area contributed by atoms with Crippen LogP contribution in [0.4, 0.5) is 13.2 Å². The Morgan fingerprint density at radius 3 is 2.83 bits per heavy atom. The average Bonchev–Trinajstić information content (AvgIpc) is 2.62. The number of likely N-dealkylation sites (tertiary alicyclic amines) is 1. The van der Waals surface area contributed by atoms with Gasteiger partial charge in [0, 0.05) is 13.0 Å². The third-order valence-corrected chi connectivity index (χ3v) is 3.05. The Morgan fingerprint density at radius 2 is 2.22 bits per heavy atom. The summed E-state index contributed by atoms with van der Waals surface area (Å²) >= 11 is 0. The van der Waals surface area contributed by atoms with Gasteiger partial charge in [0.05, 0.1) is 6.54 Å². The maximum Gasteiger partial charge on any atom is 0.389 e. The fourth-order valence-corrected chi connectivity index (χ4v) is 2.38. The van der Waals surface area contributed by atoms with Gasteiger partial charge in [-0.3, -0.25) is 9.88 Å². The molecule has 2 N–H and O–H groups in total. The Bertz CT molecular complexity index is 439. The fraction of sp³-hybridized carbons (Fsp3) is 0.800. The normalized spacial score (nSPS) is 22.3. The highest BCUT2D eigenvalue weighted by Gasteiger charge is 2.34. The number of H-pyrrole nitrogens is 2. The molecule has 0 bridgehead atoms. The topological polar surface area (TPSA) is 64.8 Å². The molecule has 1 saturated heterocycles. The van der Waals surface area contributed by atoms with E-state index in [2.05, 4.69) is 15.2 Å². The van der Waals surface area contributed by atoms with Crippen molar-refractivity contribution >= 4 is 0 Å². The van der Waals surface area contributed by atoms with E-state index in [-0.39, 0.29) is 5.92 Å². The lowest BCUT2D eigenvalue weighted by Crippen LogP contribution is -2.37. The number of nitrogens with one attached hydrogen (secondary N) is 2. The van der Waals surface area contributed by atoms with Crippen LogP contribution < -0.4 is 5.69 Å². The van der Waals surface area contributed by atoms with Gasteiger partial charge in [0.2, 0.25) is 0 Å². The zero-order valence-corrected chi connectivity index (χ0v) is 9.76. The fourth-order valence-electron chi connectivity index (χ4n) is 2.38. The van der Waals surface area contributed by atoms with Crippen LogP contribution in [-0.2, 0) is 6.54 Å². The van der Waals surface area contributed by atoms with E-state index in [1.54, 1.807) is 0 Å². The molecule has 1 aromatic rings. The number of nitrogens with zero attached hydrogens (tertiary/aromatic N) is 2. The van der Waals surface area contributed by atoms with Crippen LogP contribution in [0.3, 0.4) is 0 Å². The molecule has 2 heterocycles. The van der Waals surface area contributed by atoms with Crippen molar-refractivity contribution in [1.29, 1.82) is 0 Å². The lowest BCUT2D eigenvalue weighted by atomic mass is 9.94. The molecule has 1 aliphatic heterocycles. The van der Waals surface area contributed by atoms with Crippen molar-refractivity contribution in [3.05, 3.63) is 16.3 Å². The molecule has 0 radical (unpaired) electrons. The minimum atomic E-state index is -4.10. The van der Waals surface area contributed by atoms with E-state index in [9.17, 15) is 18.0 Å². The zero-order valence-electron chi connectivity index (χ0n) is 9.76. The molecule has 1 aliphatic rings. The number of hydrogen-bond donors (Lipinski definition) is 2. The highest BCUT2D eigenvalue weighted by Crippen LogP contribution is 2.30. The van der Waals surface area contributed by atoms with E-state index >= 15 is 0 Å². The quantitative estimate of drug-likeness (QED) is 0.864. The molecular formula is C10H15F3N4O. The first-order valence-electron chi connectivity index (χ1n) is 5.85. The van der Waals surface area contributed by atoms with Gasteiger partial charge in [-0.2, -0.15) is 18.3 Å².